The monoisotopic (exact) mass is 493 g/mol. The fourth-order valence-corrected chi connectivity index (χ4v) is 3.26. The van der Waals surface area contributed by atoms with Gasteiger partial charge in [0.05, 0.1) is 6.21 Å². The SMILES string of the molecule is Cc1ccc(C(=O)N/N=C/c2cc(Br)ccc2OCC(=O)Nc2cc(C)ccc2C)cc1. The minimum Gasteiger partial charge on any atom is -0.483 e. The summed E-state index contributed by atoms with van der Waals surface area (Å²) in [4.78, 5) is 24.6. The molecule has 7 heteroatoms. The van der Waals surface area contributed by atoms with Gasteiger partial charge in [0.2, 0.25) is 0 Å². The molecule has 0 aliphatic carbocycles. The van der Waals surface area contributed by atoms with E-state index in [1.807, 2.05) is 51.1 Å². The van der Waals surface area contributed by atoms with Crippen LogP contribution in [0, 0.1) is 20.8 Å². The normalized spacial score (nSPS) is 10.8. The van der Waals surface area contributed by atoms with E-state index in [1.165, 1.54) is 6.21 Å². The van der Waals surface area contributed by atoms with E-state index < -0.39 is 0 Å². The largest absolute Gasteiger partial charge is 0.483 e. The van der Waals surface area contributed by atoms with Crippen molar-refractivity contribution in [2.75, 3.05) is 11.9 Å². The molecule has 32 heavy (non-hydrogen) atoms. The highest BCUT2D eigenvalue weighted by molar-refractivity contribution is 9.10. The molecule has 3 aromatic rings. The van der Waals surface area contributed by atoms with E-state index >= 15 is 0 Å². The average Bonchev–Trinajstić information content (AvgIpc) is 2.76. The maximum atomic E-state index is 12.4. The number of hydrogen-bond acceptors (Lipinski definition) is 4. The summed E-state index contributed by atoms with van der Waals surface area (Å²) in [5, 5.41) is 6.90. The van der Waals surface area contributed by atoms with Gasteiger partial charge in [-0.2, -0.15) is 5.10 Å². The first kappa shape index (κ1) is 23.2. The zero-order valence-corrected chi connectivity index (χ0v) is 19.7. The number of halogens is 1. The molecule has 0 unspecified atom stereocenters. The number of anilines is 1. The fraction of sp³-hybridized carbons (Fsp3) is 0.160. The van der Waals surface area contributed by atoms with Crippen LogP contribution in [0.4, 0.5) is 5.69 Å². The fourth-order valence-electron chi connectivity index (χ4n) is 2.88. The van der Waals surface area contributed by atoms with Gasteiger partial charge in [-0.1, -0.05) is 45.8 Å². The number of ether oxygens (including phenoxy) is 1. The van der Waals surface area contributed by atoms with Gasteiger partial charge in [-0.3, -0.25) is 9.59 Å². The number of amides is 2. The van der Waals surface area contributed by atoms with Gasteiger partial charge >= 0.3 is 0 Å². The molecular formula is C25H24BrN3O3. The second-order valence-corrected chi connectivity index (χ2v) is 8.32. The van der Waals surface area contributed by atoms with Gasteiger partial charge in [0, 0.05) is 21.3 Å². The standard InChI is InChI=1S/C25H24BrN3O3/c1-16-5-8-19(9-6-16)25(31)29-27-14-20-13-21(26)10-11-23(20)32-15-24(30)28-22-12-17(2)4-7-18(22)3/h4-14H,15H2,1-3H3,(H,28,30)(H,29,31)/b27-14+. The topological polar surface area (TPSA) is 79.8 Å². The molecule has 2 amide bonds. The quantitative estimate of drug-likeness (QED) is 0.352. The molecule has 164 valence electrons. The van der Waals surface area contributed by atoms with Crippen LogP contribution in [0.1, 0.15) is 32.6 Å². The Morgan fingerprint density at radius 3 is 2.44 bits per heavy atom. The number of nitrogens with one attached hydrogen (secondary N) is 2. The lowest BCUT2D eigenvalue weighted by molar-refractivity contribution is -0.118. The maximum absolute atomic E-state index is 12.4. The molecule has 0 radical (unpaired) electrons. The molecule has 0 saturated heterocycles. The third-order valence-corrected chi connectivity index (χ3v) is 5.17. The summed E-state index contributed by atoms with van der Waals surface area (Å²) < 4.78 is 6.53. The molecular weight excluding hydrogens is 470 g/mol. The summed E-state index contributed by atoms with van der Waals surface area (Å²) >= 11 is 3.42. The van der Waals surface area contributed by atoms with Gasteiger partial charge in [-0.15, -0.1) is 0 Å². The summed E-state index contributed by atoms with van der Waals surface area (Å²) in [5.41, 5.74) is 7.50. The maximum Gasteiger partial charge on any atom is 0.271 e. The second kappa shape index (κ2) is 10.7. The predicted octanol–water partition coefficient (Wildman–Crippen LogP) is 5.16. The van der Waals surface area contributed by atoms with E-state index in [1.54, 1.807) is 30.3 Å². The zero-order valence-electron chi connectivity index (χ0n) is 18.1. The van der Waals surface area contributed by atoms with Crippen LogP contribution in [0.25, 0.3) is 0 Å². The number of carbonyl (C=O) groups is 2. The molecule has 0 spiro atoms. The minimum atomic E-state index is -0.313. The number of rotatable bonds is 7. The average molecular weight is 494 g/mol. The Morgan fingerprint density at radius 2 is 1.69 bits per heavy atom. The summed E-state index contributed by atoms with van der Waals surface area (Å²) in [6.45, 7) is 5.70. The molecule has 0 aromatic heterocycles. The molecule has 3 aromatic carbocycles. The molecule has 0 fully saturated rings. The first-order valence-electron chi connectivity index (χ1n) is 10.0. The van der Waals surface area contributed by atoms with Crippen molar-refractivity contribution < 1.29 is 14.3 Å². The van der Waals surface area contributed by atoms with Crippen LogP contribution >= 0.6 is 15.9 Å². The Labute approximate surface area is 195 Å². The molecule has 0 saturated carbocycles. The van der Waals surface area contributed by atoms with Crippen LogP contribution in [0.3, 0.4) is 0 Å². The van der Waals surface area contributed by atoms with E-state index in [0.717, 1.165) is 26.9 Å². The lowest BCUT2D eigenvalue weighted by Crippen LogP contribution is -2.21. The second-order valence-electron chi connectivity index (χ2n) is 7.40. The highest BCUT2D eigenvalue weighted by Crippen LogP contribution is 2.22. The third kappa shape index (κ3) is 6.52. The van der Waals surface area contributed by atoms with Crippen LogP contribution in [0.2, 0.25) is 0 Å². The number of carbonyl (C=O) groups excluding carboxylic acids is 2. The van der Waals surface area contributed by atoms with Crippen LogP contribution in [0.5, 0.6) is 5.75 Å². The Balaban J connectivity index is 1.63. The van der Waals surface area contributed by atoms with Gasteiger partial charge in [0.1, 0.15) is 5.75 Å². The minimum absolute atomic E-state index is 0.161. The van der Waals surface area contributed by atoms with Crippen molar-refractivity contribution in [3.8, 4) is 5.75 Å². The van der Waals surface area contributed by atoms with Crippen molar-refractivity contribution in [1.82, 2.24) is 5.43 Å². The van der Waals surface area contributed by atoms with Crippen molar-refractivity contribution in [3.05, 3.63) is 93.0 Å². The van der Waals surface area contributed by atoms with Crippen LogP contribution in [0.15, 0.2) is 70.2 Å². The molecule has 0 aliphatic heterocycles. The number of hydrazone groups is 1. The van der Waals surface area contributed by atoms with E-state index in [2.05, 4.69) is 31.8 Å². The van der Waals surface area contributed by atoms with Crippen LogP contribution in [-0.2, 0) is 4.79 Å². The van der Waals surface area contributed by atoms with Crippen molar-refractivity contribution in [3.63, 3.8) is 0 Å². The first-order chi connectivity index (χ1) is 15.3. The molecule has 0 bridgehead atoms. The number of nitrogens with zero attached hydrogens (tertiary/aromatic N) is 1. The molecule has 2 N–H and O–H groups in total. The predicted molar refractivity (Wildman–Crippen MR) is 130 cm³/mol. The van der Waals surface area contributed by atoms with Gasteiger partial charge in [0.25, 0.3) is 11.8 Å². The molecule has 3 rings (SSSR count). The third-order valence-electron chi connectivity index (χ3n) is 4.68. The van der Waals surface area contributed by atoms with Crippen molar-refractivity contribution in [2.24, 2.45) is 5.10 Å². The molecule has 0 aliphatic rings. The Morgan fingerprint density at radius 1 is 0.969 bits per heavy atom. The Kier molecular flexibility index (Phi) is 7.78. The summed E-state index contributed by atoms with van der Waals surface area (Å²) in [6, 6.07) is 18.4. The van der Waals surface area contributed by atoms with E-state index in [4.69, 9.17) is 4.74 Å². The number of hydrogen-bond donors (Lipinski definition) is 2. The zero-order chi connectivity index (χ0) is 23.1. The number of benzene rings is 3. The highest BCUT2D eigenvalue weighted by Gasteiger charge is 2.09. The molecule has 0 atom stereocenters. The van der Waals surface area contributed by atoms with Crippen molar-refractivity contribution in [2.45, 2.75) is 20.8 Å². The van der Waals surface area contributed by atoms with Gasteiger partial charge < -0.3 is 10.1 Å². The Hall–Kier alpha value is -3.45. The molecule has 0 heterocycles. The van der Waals surface area contributed by atoms with Gasteiger partial charge in [-0.05, 0) is 68.3 Å². The van der Waals surface area contributed by atoms with Crippen LogP contribution in [-0.4, -0.2) is 24.6 Å². The molecule has 6 nitrogen and oxygen atoms in total. The smallest absolute Gasteiger partial charge is 0.271 e. The van der Waals surface area contributed by atoms with E-state index in [-0.39, 0.29) is 18.4 Å². The first-order valence-corrected chi connectivity index (χ1v) is 10.8. The highest BCUT2D eigenvalue weighted by atomic mass is 79.9. The Bertz CT molecular complexity index is 1160. The lowest BCUT2D eigenvalue weighted by Gasteiger charge is -2.12. The van der Waals surface area contributed by atoms with Gasteiger partial charge in [0.15, 0.2) is 6.61 Å². The summed E-state index contributed by atoms with van der Waals surface area (Å²) in [5.74, 6) is -0.110. The summed E-state index contributed by atoms with van der Waals surface area (Å²) in [7, 11) is 0. The lowest BCUT2D eigenvalue weighted by atomic mass is 10.1. The van der Waals surface area contributed by atoms with Gasteiger partial charge in [-0.25, -0.2) is 5.43 Å². The van der Waals surface area contributed by atoms with E-state index in [0.29, 0.717) is 16.9 Å². The van der Waals surface area contributed by atoms with Crippen LogP contribution < -0.4 is 15.5 Å². The van der Waals surface area contributed by atoms with E-state index in [9.17, 15) is 9.59 Å². The van der Waals surface area contributed by atoms with Crippen molar-refractivity contribution >= 4 is 39.6 Å². The van der Waals surface area contributed by atoms with Crippen molar-refractivity contribution in [1.29, 1.82) is 0 Å². The number of aryl methyl sites for hydroxylation is 3. The summed E-state index contributed by atoms with van der Waals surface area (Å²) in [6.07, 6.45) is 1.48.